The molecule has 0 amide bonds. The first kappa shape index (κ1) is 22.6. The fourth-order valence-electron chi connectivity index (χ4n) is 4.90. The zero-order chi connectivity index (χ0) is 23.3. The molecule has 0 spiro atoms. The number of methoxy groups -OCH3 is 1. The van der Waals surface area contributed by atoms with Crippen molar-refractivity contribution in [3.8, 4) is 17.2 Å². The van der Waals surface area contributed by atoms with Crippen LogP contribution in [0.25, 0.3) is 11.2 Å². The third kappa shape index (κ3) is 5.14. The minimum absolute atomic E-state index is 0.0942. The molecule has 3 aromatic heterocycles. The maximum absolute atomic E-state index is 12.4. The van der Waals surface area contributed by atoms with E-state index < -0.39 is 0 Å². The molecule has 2 aliphatic rings. The van der Waals surface area contributed by atoms with Crippen LogP contribution in [0.3, 0.4) is 0 Å². The fraction of sp³-hybridized carbons (Fsp3) is 0.520. The molecule has 9 nitrogen and oxygen atoms in total. The van der Waals surface area contributed by atoms with Crippen LogP contribution in [-0.2, 0) is 13.1 Å². The van der Waals surface area contributed by atoms with Crippen LogP contribution in [0.15, 0.2) is 35.5 Å². The number of pyridine rings is 2. The highest BCUT2D eigenvalue weighted by Crippen LogP contribution is 2.30. The van der Waals surface area contributed by atoms with Gasteiger partial charge >= 0.3 is 0 Å². The van der Waals surface area contributed by atoms with E-state index >= 15 is 0 Å². The van der Waals surface area contributed by atoms with Crippen molar-refractivity contribution in [3.63, 3.8) is 0 Å². The van der Waals surface area contributed by atoms with Crippen molar-refractivity contribution in [2.45, 2.75) is 57.7 Å². The summed E-state index contributed by atoms with van der Waals surface area (Å²) in [5.74, 6) is 2.85. The molecule has 1 N–H and O–H groups in total. The topological polar surface area (TPSA) is 100 Å². The van der Waals surface area contributed by atoms with Crippen LogP contribution in [0.2, 0.25) is 0 Å². The van der Waals surface area contributed by atoms with Crippen molar-refractivity contribution >= 4 is 11.2 Å². The van der Waals surface area contributed by atoms with E-state index in [2.05, 4.69) is 20.3 Å². The molecule has 1 fully saturated rings. The quantitative estimate of drug-likeness (QED) is 0.542. The van der Waals surface area contributed by atoms with Gasteiger partial charge in [-0.3, -0.25) is 9.78 Å². The number of hydrogen-bond donors (Lipinski definition) is 1. The number of fused-ring (bicyclic) bond motifs is 2. The Hall–Kier alpha value is -3.20. The van der Waals surface area contributed by atoms with Crippen molar-refractivity contribution in [2.24, 2.45) is 5.92 Å². The first-order chi connectivity index (χ1) is 16.7. The molecule has 1 saturated carbocycles. The summed E-state index contributed by atoms with van der Waals surface area (Å²) in [6, 6.07) is 4.32. The standard InChI is InChI=1S/C25H31N5O4/c1-32-20-12-21-25(28-14-20)29-16-24(31)30(21)8-2-3-17-4-6-18(7-5-17)26-13-19-11-22-23(15-27-19)34-10-9-33-22/h11-12,14-18,26H,2-10,13H2,1H3. The summed E-state index contributed by atoms with van der Waals surface area (Å²) in [5.41, 5.74) is 2.18. The molecule has 3 aromatic rings. The Morgan fingerprint density at radius 3 is 2.65 bits per heavy atom. The minimum atomic E-state index is -0.0942. The van der Waals surface area contributed by atoms with Gasteiger partial charge in [0.1, 0.15) is 19.0 Å². The van der Waals surface area contributed by atoms with E-state index in [1.54, 1.807) is 24.1 Å². The van der Waals surface area contributed by atoms with Crippen molar-refractivity contribution in [3.05, 3.63) is 46.8 Å². The second kappa shape index (κ2) is 10.4. The van der Waals surface area contributed by atoms with E-state index in [0.29, 0.717) is 43.1 Å². The molecule has 0 unspecified atom stereocenters. The van der Waals surface area contributed by atoms with Crippen LogP contribution in [0.4, 0.5) is 0 Å². The van der Waals surface area contributed by atoms with Crippen LogP contribution < -0.4 is 25.1 Å². The summed E-state index contributed by atoms with van der Waals surface area (Å²) < 4.78 is 18.2. The number of aryl methyl sites for hydroxylation is 1. The van der Waals surface area contributed by atoms with E-state index in [9.17, 15) is 4.79 Å². The van der Waals surface area contributed by atoms with Gasteiger partial charge in [-0.1, -0.05) is 0 Å². The maximum Gasteiger partial charge on any atom is 0.269 e. The predicted octanol–water partition coefficient (Wildman–Crippen LogP) is 3.10. The molecule has 0 radical (unpaired) electrons. The zero-order valence-corrected chi connectivity index (χ0v) is 19.5. The Bertz CT molecular complexity index is 1190. The van der Waals surface area contributed by atoms with Gasteiger partial charge in [0.15, 0.2) is 17.1 Å². The van der Waals surface area contributed by atoms with E-state index in [4.69, 9.17) is 14.2 Å². The van der Waals surface area contributed by atoms with Gasteiger partial charge in [0.2, 0.25) is 0 Å². The first-order valence-corrected chi connectivity index (χ1v) is 12.1. The smallest absolute Gasteiger partial charge is 0.269 e. The Kier molecular flexibility index (Phi) is 6.89. The lowest BCUT2D eigenvalue weighted by molar-refractivity contribution is 0.170. The predicted molar refractivity (Wildman–Crippen MR) is 127 cm³/mol. The molecule has 0 atom stereocenters. The van der Waals surface area contributed by atoms with Crippen molar-refractivity contribution < 1.29 is 14.2 Å². The second-order valence-corrected chi connectivity index (χ2v) is 9.03. The van der Waals surface area contributed by atoms with E-state index in [1.807, 2.05) is 12.1 Å². The summed E-state index contributed by atoms with van der Waals surface area (Å²) >= 11 is 0. The van der Waals surface area contributed by atoms with Gasteiger partial charge in [-0.05, 0) is 44.4 Å². The van der Waals surface area contributed by atoms with E-state index in [-0.39, 0.29) is 5.56 Å². The third-order valence-corrected chi connectivity index (χ3v) is 6.81. The molecule has 9 heteroatoms. The van der Waals surface area contributed by atoms with Gasteiger partial charge in [0.05, 0.1) is 36.9 Å². The molecule has 180 valence electrons. The summed E-state index contributed by atoms with van der Waals surface area (Å²) in [5, 5.41) is 3.66. The molecule has 1 aliphatic heterocycles. The molecule has 1 aliphatic carbocycles. The molecule has 4 heterocycles. The highest BCUT2D eigenvalue weighted by atomic mass is 16.6. The van der Waals surface area contributed by atoms with Crippen molar-refractivity contribution in [1.82, 2.24) is 24.8 Å². The average Bonchev–Trinajstić information content (AvgIpc) is 2.89. The van der Waals surface area contributed by atoms with Gasteiger partial charge in [0, 0.05) is 31.3 Å². The second-order valence-electron chi connectivity index (χ2n) is 9.03. The molecule has 34 heavy (non-hydrogen) atoms. The highest BCUT2D eigenvalue weighted by Gasteiger charge is 2.21. The van der Waals surface area contributed by atoms with E-state index in [0.717, 1.165) is 54.9 Å². The highest BCUT2D eigenvalue weighted by molar-refractivity contribution is 5.71. The summed E-state index contributed by atoms with van der Waals surface area (Å²) in [7, 11) is 1.60. The molecular formula is C25H31N5O4. The first-order valence-electron chi connectivity index (χ1n) is 12.1. The SMILES string of the molecule is COc1cnc2ncc(=O)n(CCCC3CCC(NCc4cc5c(cn4)OCCO5)CC3)c2c1. The zero-order valence-electron chi connectivity index (χ0n) is 19.5. The molecule has 5 rings (SSSR count). The Morgan fingerprint density at radius 2 is 1.82 bits per heavy atom. The van der Waals surface area contributed by atoms with Gasteiger partial charge in [-0.2, -0.15) is 0 Å². The molecule has 0 bridgehead atoms. The normalized spacial score (nSPS) is 19.8. The van der Waals surface area contributed by atoms with Crippen LogP contribution in [-0.4, -0.2) is 45.9 Å². The molecular weight excluding hydrogens is 434 g/mol. The molecule has 0 saturated heterocycles. The van der Waals surface area contributed by atoms with Gasteiger partial charge in [-0.25, -0.2) is 9.97 Å². The average molecular weight is 466 g/mol. The fourth-order valence-corrected chi connectivity index (χ4v) is 4.90. The monoisotopic (exact) mass is 465 g/mol. The number of aromatic nitrogens is 4. The van der Waals surface area contributed by atoms with Gasteiger partial charge in [0.25, 0.3) is 5.56 Å². The van der Waals surface area contributed by atoms with Crippen molar-refractivity contribution in [1.29, 1.82) is 0 Å². The van der Waals surface area contributed by atoms with Crippen LogP contribution >= 0.6 is 0 Å². The van der Waals surface area contributed by atoms with Gasteiger partial charge < -0.3 is 24.1 Å². The van der Waals surface area contributed by atoms with Crippen LogP contribution in [0, 0.1) is 5.92 Å². The van der Waals surface area contributed by atoms with Gasteiger partial charge in [-0.15, -0.1) is 0 Å². The largest absolute Gasteiger partial charge is 0.495 e. The molecule has 0 aromatic carbocycles. The number of nitrogens with one attached hydrogen (secondary N) is 1. The lowest BCUT2D eigenvalue weighted by Gasteiger charge is -2.29. The third-order valence-electron chi connectivity index (χ3n) is 6.81. The number of hydrogen-bond acceptors (Lipinski definition) is 8. The summed E-state index contributed by atoms with van der Waals surface area (Å²) in [6.07, 6.45) is 11.5. The number of nitrogens with zero attached hydrogens (tertiary/aromatic N) is 4. The minimum Gasteiger partial charge on any atom is -0.495 e. The summed E-state index contributed by atoms with van der Waals surface area (Å²) in [6.45, 7) is 2.57. The lowest BCUT2D eigenvalue weighted by Crippen LogP contribution is -2.33. The van der Waals surface area contributed by atoms with Crippen molar-refractivity contribution in [2.75, 3.05) is 20.3 Å². The Balaban J connectivity index is 1.09. The van der Waals surface area contributed by atoms with E-state index in [1.165, 1.54) is 19.0 Å². The van der Waals surface area contributed by atoms with Crippen LogP contribution in [0.5, 0.6) is 17.2 Å². The number of rotatable bonds is 8. The lowest BCUT2D eigenvalue weighted by atomic mass is 9.83. The Morgan fingerprint density at radius 1 is 1.03 bits per heavy atom. The summed E-state index contributed by atoms with van der Waals surface area (Å²) in [4.78, 5) is 25.4. The van der Waals surface area contributed by atoms with Crippen LogP contribution in [0.1, 0.15) is 44.2 Å². The Labute approximate surface area is 198 Å². The number of ether oxygens (including phenoxy) is 3. The maximum atomic E-state index is 12.4.